The van der Waals surface area contributed by atoms with Crippen molar-refractivity contribution in [1.29, 1.82) is 0 Å². The summed E-state index contributed by atoms with van der Waals surface area (Å²) in [6.07, 6.45) is 3.29. The first kappa shape index (κ1) is 13.4. The molecule has 108 valence electrons. The second kappa shape index (κ2) is 4.73. The van der Waals surface area contributed by atoms with E-state index in [1.165, 1.54) is 0 Å². The first-order valence-corrected chi connectivity index (χ1v) is 6.75. The van der Waals surface area contributed by atoms with Crippen molar-refractivity contribution in [2.45, 2.75) is 26.3 Å². The van der Waals surface area contributed by atoms with Crippen molar-refractivity contribution in [2.24, 2.45) is 0 Å². The van der Waals surface area contributed by atoms with Crippen LogP contribution in [-0.2, 0) is 5.54 Å². The topological polar surface area (TPSA) is 75.6 Å². The molecule has 2 aromatic heterocycles. The summed E-state index contributed by atoms with van der Waals surface area (Å²) in [5.74, 6) is 0.203. The number of carbonyl (C=O) groups is 1. The molecule has 6 nitrogen and oxygen atoms in total. The van der Waals surface area contributed by atoms with Gasteiger partial charge < -0.3 is 4.98 Å². The number of benzene rings is 1. The van der Waals surface area contributed by atoms with E-state index in [4.69, 9.17) is 0 Å². The van der Waals surface area contributed by atoms with Gasteiger partial charge in [0, 0.05) is 6.20 Å². The summed E-state index contributed by atoms with van der Waals surface area (Å²) in [4.78, 5) is 19.6. The molecule has 2 heterocycles. The number of fused-ring (bicyclic) bond motifs is 1. The number of imidazole rings is 1. The minimum absolute atomic E-state index is 0.155. The predicted molar refractivity (Wildman–Crippen MR) is 81.3 cm³/mol. The van der Waals surface area contributed by atoms with Gasteiger partial charge in [0.2, 0.25) is 5.95 Å². The maximum Gasteiger partial charge on any atom is 0.261 e. The molecule has 0 saturated carbocycles. The van der Waals surface area contributed by atoms with Crippen LogP contribution in [0.4, 0.5) is 5.95 Å². The molecule has 0 spiro atoms. The van der Waals surface area contributed by atoms with Crippen LogP contribution in [0.15, 0.2) is 36.7 Å². The van der Waals surface area contributed by atoms with E-state index in [0.29, 0.717) is 11.5 Å². The van der Waals surface area contributed by atoms with Gasteiger partial charge in [-0.25, -0.2) is 4.98 Å². The lowest BCUT2D eigenvalue weighted by Gasteiger charge is -2.18. The van der Waals surface area contributed by atoms with Crippen molar-refractivity contribution in [3.63, 3.8) is 0 Å². The Bertz CT molecular complexity index is 761. The SMILES string of the molecule is CC(C)(C)n1cc(C(=O)Nc2nc3ccccc3[nH]2)cn1. The van der Waals surface area contributed by atoms with Gasteiger partial charge in [-0.2, -0.15) is 5.10 Å². The zero-order valence-electron chi connectivity index (χ0n) is 12.2. The van der Waals surface area contributed by atoms with Gasteiger partial charge >= 0.3 is 0 Å². The number of rotatable bonds is 2. The van der Waals surface area contributed by atoms with Crippen LogP contribution in [0, 0.1) is 0 Å². The number of anilines is 1. The minimum Gasteiger partial charge on any atom is -0.324 e. The summed E-state index contributed by atoms with van der Waals surface area (Å²) in [7, 11) is 0. The number of nitrogens with zero attached hydrogens (tertiary/aromatic N) is 3. The van der Waals surface area contributed by atoms with Gasteiger partial charge in [0.05, 0.1) is 28.3 Å². The molecule has 1 amide bonds. The molecule has 0 aliphatic rings. The van der Waals surface area contributed by atoms with Crippen molar-refractivity contribution in [2.75, 3.05) is 5.32 Å². The fourth-order valence-corrected chi connectivity index (χ4v) is 2.00. The lowest BCUT2D eigenvalue weighted by atomic mass is 10.1. The standard InChI is InChI=1S/C15H17N5O/c1-15(2,3)20-9-10(8-16-20)13(21)19-14-17-11-6-4-5-7-12(11)18-14/h4-9H,1-3H3,(H2,17,18,19,21). The van der Waals surface area contributed by atoms with E-state index in [1.807, 2.05) is 45.0 Å². The molecule has 6 heteroatoms. The second-order valence-corrected chi connectivity index (χ2v) is 5.90. The maximum absolute atomic E-state index is 12.2. The van der Waals surface area contributed by atoms with Gasteiger partial charge in [0.1, 0.15) is 0 Å². The Kier molecular flexibility index (Phi) is 3.01. The summed E-state index contributed by atoms with van der Waals surface area (Å²) in [6.45, 7) is 6.09. The third kappa shape index (κ3) is 2.65. The monoisotopic (exact) mass is 283 g/mol. The van der Waals surface area contributed by atoms with Crippen molar-refractivity contribution < 1.29 is 4.79 Å². The van der Waals surface area contributed by atoms with E-state index in [2.05, 4.69) is 20.4 Å². The number of H-pyrrole nitrogens is 1. The smallest absolute Gasteiger partial charge is 0.261 e. The predicted octanol–water partition coefficient (Wildman–Crippen LogP) is 2.77. The van der Waals surface area contributed by atoms with E-state index >= 15 is 0 Å². The molecule has 0 atom stereocenters. The largest absolute Gasteiger partial charge is 0.324 e. The van der Waals surface area contributed by atoms with E-state index in [9.17, 15) is 4.79 Å². The number of nitrogens with one attached hydrogen (secondary N) is 2. The molecule has 0 aliphatic heterocycles. The average molecular weight is 283 g/mol. The first-order chi connectivity index (χ1) is 9.93. The number of para-hydroxylation sites is 2. The Labute approximate surface area is 122 Å². The van der Waals surface area contributed by atoms with Gasteiger partial charge in [-0.05, 0) is 32.9 Å². The Morgan fingerprint density at radius 1 is 1.29 bits per heavy atom. The molecule has 0 unspecified atom stereocenters. The third-order valence-corrected chi connectivity index (χ3v) is 3.15. The van der Waals surface area contributed by atoms with Crippen molar-refractivity contribution >= 4 is 22.9 Å². The van der Waals surface area contributed by atoms with Crippen LogP contribution in [0.25, 0.3) is 11.0 Å². The molecular formula is C15H17N5O. The number of carbonyl (C=O) groups excluding carboxylic acids is 1. The molecule has 0 radical (unpaired) electrons. The van der Waals surface area contributed by atoms with E-state index in [-0.39, 0.29) is 11.4 Å². The molecule has 3 rings (SSSR count). The van der Waals surface area contributed by atoms with Crippen molar-refractivity contribution in [1.82, 2.24) is 19.7 Å². The Morgan fingerprint density at radius 3 is 2.71 bits per heavy atom. The zero-order valence-corrected chi connectivity index (χ0v) is 12.2. The normalized spacial score (nSPS) is 11.8. The van der Waals surface area contributed by atoms with E-state index < -0.39 is 0 Å². The summed E-state index contributed by atoms with van der Waals surface area (Å²) in [5.41, 5.74) is 2.06. The number of hydrogen-bond donors (Lipinski definition) is 2. The highest BCUT2D eigenvalue weighted by Crippen LogP contribution is 2.16. The fraction of sp³-hybridized carbons (Fsp3) is 0.267. The van der Waals surface area contributed by atoms with Crippen LogP contribution in [0.3, 0.4) is 0 Å². The highest BCUT2D eigenvalue weighted by Gasteiger charge is 2.17. The van der Waals surface area contributed by atoms with E-state index in [0.717, 1.165) is 11.0 Å². The van der Waals surface area contributed by atoms with Gasteiger partial charge in [-0.3, -0.25) is 14.8 Å². The fourth-order valence-electron chi connectivity index (χ4n) is 2.00. The Balaban J connectivity index is 1.81. The summed E-state index contributed by atoms with van der Waals surface area (Å²) < 4.78 is 1.76. The summed E-state index contributed by atoms with van der Waals surface area (Å²) >= 11 is 0. The van der Waals surface area contributed by atoms with Crippen LogP contribution in [0.2, 0.25) is 0 Å². The van der Waals surface area contributed by atoms with Gasteiger partial charge in [0.15, 0.2) is 0 Å². The second-order valence-electron chi connectivity index (χ2n) is 5.90. The number of aromatic nitrogens is 4. The first-order valence-electron chi connectivity index (χ1n) is 6.75. The zero-order chi connectivity index (χ0) is 15.0. The van der Waals surface area contributed by atoms with Crippen molar-refractivity contribution in [3.8, 4) is 0 Å². The maximum atomic E-state index is 12.2. The van der Waals surface area contributed by atoms with Gasteiger partial charge in [-0.15, -0.1) is 0 Å². The third-order valence-electron chi connectivity index (χ3n) is 3.15. The molecular weight excluding hydrogens is 266 g/mol. The quantitative estimate of drug-likeness (QED) is 0.759. The Morgan fingerprint density at radius 2 is 2.05 bits per heavy atom. The summed E-state index contributed by atoms with van der Waals surface area (Å²) in [6, 6.07) is 7.62. The lowest BCUT2D eigenvalue weighted by molar-refractivity contribution is 0.102. The number of aromatic amines is 1. The molecule has 3 aromatic rings. The molecule has 0 bridgehead atoms. The lowest BCUT2D eigenvalue weighted by Crippen LogP contribution is -2.22. The minimum atomic E-state index is -0.232. The highest BCUT2D eigenvalue weighted by molar-refractivity contribution is 6.03. The molecule has 2 N–H and O–H groups in total. The highest BCUT2D eigenvalue weighted by atomic mass is 16.1. The van der Waals surface area contributed by atoms with E-state index in [1.54, 1.807) is 17.1 Å². The van der Waals surface area contributed by atoms with Crippen LogP contribution in [0.1, 0.15) is 31.1 Å². The molecule has 0 saturated heterocycles. The Hall–Kier alpha value is -2.63. The molecule has 0 aliphatic carbocycles. The van der Waals surface area contributed by atoms with Crippen LogP contribution in [-0.4, -0.2) is 25.7 Å². The van der Waals surface area contributed by atoms with Crippen molar-refractivity contribution in [3.05, 3.63) is 42.2 Å². The average Bonchev–Trinajstić information content (AvgIpc) is 3.04. The number of amides is 1. The molecule has 21 heavy (non-hydrogen) atoms. The number of hydrogen-bond acceptors (Lipinski definition) is 3. The van der Waals surface area contributed by atoms with Gasteiger partial charge in [0.25, 0.3) is 5.91 Å². The van der Waals surface area contributed by atoms with Crippen LogP contribution in [0.5, 0.6) is 0 Å². The molecule has 1 aromatic carbocycles. The van der Waals surface area contributed by atoms with Crippen LogP contribution < -0.4 is 5.32 Å². The summed E-state index contributed by atoms with van der Waals surface area (Å²) in [5, 5.41) is 6.97. The van der Waals surface area contributed by atoms with Gasteiger partial charge in [-0.1, -0.05) is 12.1 Å². The van der Waals surface area contributed by atoms with Crippen LogP contribution >= 0.6 is 0 Å². The molecule has 0 fully saturated rings.